The molecule has 0 unspecified atom stereocenters. The summed E-state index contributed by atoms with van der Waals surface area (Å²) in [7, 11) is 0. The number of aryl methyl sites for hydroxylation is 1. The lowest BCUT2D eigenvalue weighted by Crippen LogP contribution is -2.22. The minimum Gasteiger partial charge on any atom is -0.494 e. The smallest absolute Gasteiger partial charge is 0.243 e. The van der Waals surface area contributed by atoms with Crippen LogP contribution in [-0.2, 0) is 4.79 Å². The molecule has 0 saturated heterocycles. The van der Waals surface area contributed by atoms with Gasteiger partial charge in [-0.3, -0.25) is 4.79 Å². The summed E-state index contributed by atoms with van der Waals surface area (Å²) in [5, 5.41) is 6.13. The molecule has 2 aromatic rings. The van der Waals surface area contributed by atoms with Crippen molar-refractivity contribution in [3.8, 4) is 5.75 Å². The summed E-state index contributed by atoms with van der Waals surface area (Å²) < 4.78 is 5.80. The Morgan fingerprint density at radius 3 is 2.59 bits per heavy atom. The first kappa shape index (κ1) is 20.8. The summed E-state index contributed by atoms with van der Waals surface area (Å²) in [6, 6.07) is 13.6. The van der Waals surface area contributed by atoms with E-state index in [0.29, 0.717) is 0 Å². The normalized spacial score (nSPS) is 10.5. The van der Waals surface area contributed by atoms with Crippen LogP contribution in [0.25, 0.3) is 0 Å². The highest BCUT2D eigenvalue weighted by Gasteiger charge is 2.06. The van der Waals surface area contributed by atoms with E-state index in [4.69, 9.17) is 4.74 Å². The number of nitrogens with one attached hydrogen (secondary N) is 2. The topological polar surface area (TPSA) is 50.4 Å². The molecule has 0 spiro atoms. The lowest BCUT2D eigenvalue weighted by Gasteiger charge is -2.12. The number of ether oxygens (including phenoxy) is 1. The first-order valence-electron chi connectivity index (χ1n) is 9.93. The fourth-order valence-corrected chi connectivity index (χ4v) is 2.88. The van der Waals surface area contributed by atoms with Crippen LogP contribution in [-0.4, -0.2) is 19.1 Å². The van der Waals surface area contributed by atoms with Gasteiger partial charge in [0.05, 0.1) is 13.2 Å². The van der Waals surface area contributed by atoms with Crippen LogP contribution in [0, 0.1) is 13.8 Å². The highest BCUT2D eigenvalue weighted by molar-refractivity contribution is 5.94. The molecule has 0 aliphatic carbocycles. The van der Waals surface area contributed by atoms with Crippen molar-refractivity contribution in [1.82, 2.24) is 0 Å². The van der Waals surface area contributed by atoms with Crippen LogP contribution < -0.4 is 15.4 Å². The Labute approximate surface area is 163 Å². The Morgan fingerprint density at radius 1 is 1.00 bits per heavy atom. The van der Waals surface area contributed by atoms with Gasteiger partial charge < -0.3 is 15.4 Å². The number of unbranched alkanes of at least 4 members (excludes halogenated alkanes) is 4. The lowest BCUT2D eigenvalue weighted by atomic mass is 10.1. The van der Waals surface area contributed by atoms with Crippen molar-refractivity contribution >= 4 is 17.3 Å². The molecular formula is C23H32N2O2. The number of hydrogen-bond acceptors (Lipinski definition) is 3. The molecule has 4 heteroatoms. The first-order chi connectivity index (χ1) is 13.1. The quantitative estimate of drug-likeness (QED) is 0.500. The molecule has 0 aromatic heterocycles. The largest absolute Gasteiger partial charge is 0.494 e. The lowest BCUT2D eigenvalue weighted by molar-refractivity contribution is -0.114. The maximum atomic E-state index is 12.2. The molecule has 2 N–H and O–H groups in total. The first-order valence-corrected chi connectivity index (χ1v) is 9.93. The second kappa shape index (κ2) is 11.3. The van der Waals surface area contributed by atoms with Gasteiger partial charge in [0.15, 0.2) is 0 Å². The van der Waals surface area contributed by atoms with Crippen molar-refractivity contribution in [1.29, 1.82) is 0 Å². The maximum Gasteiger partial charge on any atom is 0.243 e. The number of amides is 1. The number of carbonyl (C=O) groups excluding carboxylic acids is 1. The van der Waals surface area contributed by atoms with Crippen molar-refractivity contribution in [2.75, 3.05) is 23.8 Å². The predicted molar refractivity (Wildman–Crippen MR) is 114 cm³/mol. The van der Waals surface area contributed by atoms with E-state index < -0.39 is 0 Å². The van der Waals surface area contributed by atoms with Crippen molar-refractivity contribution in [2.24, 2.45) is 0 Å². The molecule has 1 amide bonds. The van der Waals surface area contributed by atoms with E-state index >= 15 is 0 Å². The fourth-order valence-electron chi connectivity index (χ4n) is 2.88. The Kier molecular flexibility index (Phi) is 8.69. The average molecular weight is 369 g/mol. The minimum atomic E-state index is -0.0763. The molecule has 0 bridgehead atoms. The van der Waals surface area contributed by atoms with Gasteiger partial charge in [-0.1, -0.05) is 50.8 Å². The van der Waals surface area contributed by atoms with E-state index in [1.165, 1.54) is 36.8 Å². The fraction of sp³-hybridized carbons (Fsp3) is 0.435. The van der Waals surface area contributed by atoms with E-state index in [9.17, 15) is 4.79 Å². The number of hydrogen-bond donors (Lipinski definition) is 2. The monoisotopic (exact) mass is 368 g/mol. The van der Waals surface area contributed by atoms with Gasteiger partial charge in [0.25, 0.3) is 0 Å². The zero-order valence-corrected chi connectivity index (χ0v) is 16.8. The number of benzene rings is 2. The summed E-state index contributed by atoms with van der Waals surface area (Å²) in [6.07, 6.45) is 6.08. The highest BCUT2D eigenvalue weighted by Crippen LogP contribution is 2.19. The molecule has 0 aliphatic heterocycles. The van der Waals surface area contributed by atoms with Crippen LogP contribution in [0.2, 0.25) is 0 Å². The van der Waals surface area contributed by atoms with Crippen molar-refractivity contribution in [3.63, 3.8) is 0 Å². The molecule has 4 nitrogen and oxygen atoms in total. The van der Waals surface area contributed by atoms with Crippen LogP contribution >= 0.6 is 0 Å². The van der Waals surface area contributed by atoms with E-state index in [1.807, 2.05) is 36.4 Å². The standard InChI is InChI=1S/C23H32N2O2/c1-4-5-6-7-8-15-27-21-13-10-12-20(16-21)25-23(26)17-24-22-14-9-11-18(2)19(22)3/h9-14,16,24H,4-8,15,17H2,1-3H3,(H,25,26). The predicted octanol–water partition coefficient (Wildman–Crippen LogP) is 5.70. The zero-order valence-electron chi connectivity index (χ0n) is 16.8. The molecule has 0 radical (unpaired) electrons. The molecule has 0 saturated carbocycles. The van der Waals surface area contributed by atoms with E-state index in [1.54, 1.807) is 0 Å². The molecule has 0 aliphatic rings. The van der Waals surface area contributed by atoms with E-state index in [0.717, 1.165) is 30.2 Å². The van der Waals surface area contributed by atoms with Crippen molar-refractivity contribution < 1.29 is 9.53 Å². The SMILES string of the molecule is CCCCCCCOc1cccc(NC(=O)CNc2cccc(C)c2C)c1. The van der Waals surface area contributed by atoms with Crippen LogP contribution in [0.5, 0.6) is 5.75 Å². The van der Waals surface area contributed by atoms with Gasteiger partial charge >= 0.3 is 0 Å². The third-order valence-corrected chi connectivity index (χ3v) is 4.68. The minimum absolute atomic E-state index is 0.0763. The zero-order chi connectivity index (χ0) is 19.5. The number of anilines is 2. The van der Waals surface area contributed by atoms with Crippen LogP contribution in [0.1, 0.15) is 50.2 Å². The van der Waals surface area contributed by atoms with Gasteiger partial charge in [-0.15, -0.1) is 0 Å². The van der Waals surface area contributed by atoms with E-state index in [2.05, 4.69) is 37.5 Å². The molecule has 0 heterocycles. The second-order valence-electron chi connectivity index (χ2n) is 6.94. The summed E-state index contributed by atoms with van der Waals surface area (Å²) in [5.74, 6) is 0.721. The van der Waals surface area contributed by atoms with Crippen LogP contribution in [0.15, 0.2) is 42.5 Å². The van der Waals surface area contributed by atoms with Gasteiger partial charge in [-0.25, -0.2) is 0 Å². The Bertz CT molecular complexity index is 728. The Balaban J connectivity index is 1.77. The molecule has 27 heavy (non-hydrogen) atoms. The summed E-state index contributed by atoms with van der Waals surface area (Å²) in [5.41, 5.74) is 4.12. The Morgan fingerprint density at radius 2 is 1.78 bits per heavy atom. The highest BCUT2D eigenvalue weighted by atomic mass is 16.5. The average Bonchev–Trinajstić information content (AvgIpc) is 2.66. The molecule has 2 rings (SSSR count). The van der Waals surface area contributed by atoms with Gasteiger partial charge in [-0.05, 0) is 49.6 Å². The third-order valence-electron chi connectivity index (χ3n) is 4.68. The summed E-state index contributed by atoms with van der Waals surface area (Å²) in [4.78, 5) is 12.2. The number of rotatable bonds is 11. The van der Waals surface area contributed by atoms with Gasteiger partial charge in [-0.2, -0.15) is 0 Å². The molecule has 0 atom stereocenters. The summed E-state index contributed by atoms with van der Waals surface area (Å²) in [6.45, 7) is 7.28. The van der Waals surface area contributed by atoms with Crippen LogP contribution in [0.3, 0.4) is 0 Å². The number of carbonyl (C=O) groups is 1. The van der Waals surface area contributed by atoms with Crippen LogP contribution in [0.4, 0.5) is 11.4 Å². The van der Waals surface area contributed by atoms with E-state index in [-0.39, 0.29) is 12.5 Å². The van der Waals surface area contributed by atoms with Gasteiger partial charge in [0.2, 0.25) is 5.91 Å². The molecule has 2 aromatic carbocycles. The maximum absolute atomic E-state index is 12.2. The third kappa shape index (κ3) is 7.33. The summed E-state index contributed by atoms with van der Waals surface area (Å²) >= 11 is 0. The molecule has 146 valence electrons. The van der Waals surface area contributed by atoms with Crippen molar-refractivity contribution in [3.05, 3.63) is 53.6 Å². The second-order valence-corrected chi connectivity index (χ2v) is 6.94. The Hall–Kier alpha value is -2.49. The van der Waals surface area contributed by atoms with Gasteiger partial charge in [0.1, 0.15) is 5.75 Å². The van der Waals surface area contributed by atoms with Crippen molar-refractivity contribution in [2.45, 2.75) is 52.9 Å². The molecular weight excluding hydrogens is 336 g/mol. The molecule has 0 fully saturated rings. The van der Waals surface area contributed by atoms with Gasteiger partial charge in [0, 0.05) is 17.4 Å².